The zero-order chi connectivity index (χ0) is 25.4. The quantitative estimate of drug-likeness (QED) is 0.246. The van der Waals surface area contributed by atoms with Crippen molar-refractivity contribution in [3.63, 3.8) is 0 Å². The zero-order valence-electron chi connectivity index (χ0n) is 20.9. The van der Waals surface area contributed by atoms with E-state index in [0.717, 1.165) is 17.7 Å². The van der Waals surface area contributed by atoms with Crippen LogP contribution in [0.5, 0.6) is 5.75 Å². The minimum Gasteiger partial charge on any atom is -0.494 e. The smallest absolute Gasteiger partial charge is 0.201 e. The van der Waals surface area contributed by atoms with Gasteiger partial charge in [-0.2, -0.15) is 4.39 Å². The number of ether oxygens (including phenoxy) is 1. The van der Waals surface area contributed by atoms with Crippen molar-refractivity contribution in [3.05, 3.63) is 77.1 Å². The molecule has 2 aromatic rings. The van der Waals surface area contributed by atoms with E-state index < -0.39 is 11.6 Å². The van der Waals surface area contributed by atoms with E-state index in [4.69, 9.17) is 4.74 Å². The SMILES string of the molecule is C/C=C\N(C)C(Nc1ccc(C(C)=O)c(CC)c1)C(C)=N/C=C(\C)c1ccc(OC)c(F)c1F. The number of halogens is 2. The third-order valence-corrected chi connectivity index (χ3v) is 5.51. The molecule has 0 aliphatic rings. The van der Waals surface area contributed by atoms with Gasteiger partial charge >= 0.3 is 0 Å². The van der Waals surface area contributed by atoms with Gasteiger partial charge in [-0.3, -0.25) is 9.79 Å². The molecule has 34 heavy (non-hydrogen) atoms. The first-order chi connectivity index (χ1) is 16.1. The number of nitrogens with zero attached hydrogens (tertiary/aromatic N) is 2. The lowest BCUT2D eigenvalue weighted by molar-refractivity contribution is 0.101. The van der Waals surface area contributed by atoms with Crippen LogP contribution < -0.4 is 10.1 Å². The lowest BCUT2D eigenvalue weighted by atomic mass is 10.0. The van der Waals surface area contributed by atoms with Crippen molar-refractivity contribution in [1.82, 2.24) is 4.90 Å². The number of hydrogen-bond acceptors (Lipinski definition) is 5. The maximum Gasteiger partial charge on any atom is 0.201 e. The van der Waals surface area contributed by atoms with Gasteiger partial charge < -0.3 is 15.0 Å². The Kier molecular flexibility index (Phi) is 9.54. The Balaban J connectivity index is 2.39. The standard InChI is InChI=1S/C27H33F2N3O2/c1-8-14-32(6)27(31-21-10-11-23(19(5)33)20(9-2)15-21)18(4)30-16-17(3)22-12-13-24(34-7)26(29)25(22)28/h8,10-16,27,31H,9H2,1-7H3/b14-8-,17-16+,30-18?. The third-order valence-electron chi connectivity index (χ3n) is 5.51. The van der Waals surface area contributed by atoms with Crippen LogP contribution in [0.3, 0.4) is 0 Å². The third kappa shape index (κ3) is 6.31. The second kappa shape index (κ2) is 12.1. The van der Waals surface area contributed by atoms with Crippen molar-refractivity contribution >= 4 is 22.8 Å². The molecule has 0 aromatic heterocycles. The van der Waals surface area contributed by atoms with Crippen LogP contribution in [0.1, 0.15) is 56.1 Å². The van der Waals surface area contributed by atoms with Gasteiger partial charge in [0.05, 0.1) is 12.8 Å². The van der Waals surface area contributed by atoms with Crippen molar-refractivity contribution in [2.45, 2.75) is 47.2 Å². The first-order valence-electron chi connectivity index (χ1n) is 11.1. The number of carbonyl (C=O) groups excluding carboxylic acids is 1. The summed E-state index contributed by atoms with van der Waals surface area (Å²) >= 11 is 0. The molecule has 0 amide bonds. The molecule has 0 aliphatic heterocycles. The van der Waals surface area contributed by atoms with Crippen molar-refractivity contribution in [1.29, 1.82) is 0 Å². The van der Waals surface area contributed by atoms with E-state index in [1.807, 2.05) is 63.2 Å². The molecule has 1 unspecified atom stereocenters. The highest BCUT2D eigenvalue weighted by atomic mass is 19.2. The summed E-state index contributed by atoms with van der Waals surface area (Å²) in [6.45, 7) is 9.02. The molecule has 0 saturated heterocycles. The summed E-state index contributed by atoms with van der Waals surface area (Å²) in [4.78, 5) is 18.4. The van der Waals surface area contributed by atoms with Gasteiger partial charge in [0.1, 0.15) is 6.17 Å². The lowest BCUT2D eigenvalue weighted by Gasteiger charge is -2.29. The lowest BCUT2D eigenvalue weighted by Crippen LogP contribution is -2.40. The second-order valence-electron chi connectivity index (χ2n) is 8.00. The zero-order valence-corrected chi connectivity index (χ0v) is 20.9. The molecular weight excluding hydrogens is 436 g/mol. The van der Waals surface area contributed by atoms with Gasteiger partial charge in [-0.25, -0.2) is 4.39 Å². The molecule has 182 valence electrons. The molecule has 1 atom stereocenters. The van der Waals surface area contributed by atoms with Gasteiger partial charge in [-0.15, -0.1) is 0 Å². The number of carbonyl (C=O) groups is 1. The van der Waals surface area contributed by atoms with Crippen LogP contribution >= 0.6 is 0 Å². The van der Waals surface area contributed by atoms with E-state index in [2.05, 4.69) is 10.3 Å². The Morgan fingerprint density at radius 1 is 1.15 bits per heavy atom. The maximum absolute atomic E-state index is 14.5. The highest BCUT2D eigenvalue weighted by Gasteiger charge is 2.18. The highest BCUT2D eigenvalue weighted by molar-refractivity contribution is 5.96. The van der Waals surface area contributed by atoms with Gasteiger partial charge in [0, 0.05) is 30.1 Å². The van der Waals surface area contributed by atoms with E-state index in [-0.39, 0.29) is 23.3 Å². The summed E-state index contributed by atoms with van der Waals surface area (Å²) < 4.78 is 33.4. The van der Waals surface area contributed by atoms with E-state index in [1.54, 1.807) is 13.8 Å². The average Bonchev–Trinajstić information content (AvgIpc) is 2.82. The fraction of sp³-hybridized carbons (Fsp3) is 0.333. The van der Waals surface area contributed by atoms with Crippen LogP contribution in [-0.4, -0.2) is 36.7 Å². The fourth-order valence-electron chi connectivity index (χ4n) is 3.63. The molecule has 0 heterocycles. The summed E-state index contributed by atoms with van der Waals surface area (Å²) in [5.41, 5.74) is 3.83. The van der Waals surface area contributed by atoms with Crippen molar-refractivity contribution in [2.24, 2.45) is 4.99 Å². The summed E-state index contributed by atoms with van der Waals surface area (Å²) in [5.74, 6) is -2.11. The minimum atomic E-state index is -1.03. The van der Waals surface area contributed by atoms with Crippen LogP contribution in [0.25, 0.3) is 5.57 Å². The van der Waals surface area contributed by atoms with Crippen molar-refractivity contribution in [3.8, 4) is 5.75 Å². The number of Topliss-reactive ketones (excluding diaryl/α,β-unsaturated/α-hetero) is 1. The van der Waals surface area contributed by atoms with Crippen molar-refractivity contribution in [2.75, 3.05) is 19.5 Å². The van der Waals surface area contributed by atoms with Crippen molar-refractivity contribution < 1.29 is 18.3 Å². The number of benzene rings is 2. The summed E-state index contributed by atoms with van der Waals surface area (Å²) in [5, 5.41) is 3.46. The Morgan fingerprint density at radius 3 is 2.41 bits per heavy atom. The molecule has 5 nitrogen and oxygen atoms in total. The predicted molar refractivity (Wildman–Crippen MR) is 135 cm³/mol. The topological polar surface area (TPSA) is 53.9 Å². The molecule has 1 N–H and O–H groups in total. The molecule has 2 rings (SSSR count). The van der Waals surface area contributed by atoms with E-state index in [9.17, 15) is 13.6 Å². The van der Waals surface area contributed by atoms with E-state index in [1.165, 1.54) is 25.4 Å². The van der Waals surface area contributed by atoms with Gasteiger partial charge in [0.15, 0.2) is 17.3 Å². The van der Waals surface area contributed by atoms with Gasteiger partial charge in [-0.1, -0.05) is 13.0 Å². The summed E-state index contributed by atoms with van der Waals surface area (Å²) in [6.07, 6.45) is 5.77. The average molecular weight is 470 g/mol. The first-order valence-corrected chi connectivity index (χ1v) is 11.1. The molecule has 2 aromatic carbocycles. The second-order valence-corrected chi connectivity index (χ2v) is 8.00. The number of rotatable bonds is 10. The van der Waals surface area contributed by atoms with Crippen LogP contribution in [0.4, 0.5) is 14.5 Å². The molecular formula is C27H33F2N3O2. The molecule has 0 bridgehead atoms. The summed E-state index contributed by atoms with van der Waals surface area (Å²) in [6, 6.07) is 8.53. The van der Waals surface area contributed by atoms with Crippen LogP contribution in [0, 0.1) is 11.6 Å². The largest absolute Gasteiger partial charge is 0.494 e. The number of allylic oxidation sites excluding steroid dienone is 2. The molecule has 0 fully saturated rings. The van der Waals surface area contributed by atoms with Gasteiger partial charge in [0.25, 0.3) is 0 Å². The maximum atomic E-state index is 14.5. The number of ketones is 1. The first kappa shape index (κ1) is 26.8. The highest BCUT2D eigenvalue weighted by Crippen LogP contribution is 2.27. The monoisotopic (exact) mass is 469 g/mol. The number of nitrogens with one attached hydrogen (secondary N) is 1. The number of anilines is 1. The minimum absolute atomic E-state index is 0.0338. The molecule has 0 radical (unpaired) electrons. The Labute approximate surface area is 200 Å². The van der Waals surface area contributed by atoms with E-state index >= 15 is 0 Å². The molecule has 0 aliphatic carbocycles. The number of hydrogen-bond donors (Lipinski definition) is 1. The Hall–Kier alpha value is -3.48. The number of aryl methyl sites for hydroxylation is 1. The predicted octanol–water partition coefficient (Wildman–Crippen LogP) is 6.46. The molecule has 0 saturated carbocycles. The molecule has 7 heteroatoms. The number of aliphatic imine (C=N–C) groups is 1. The fourth-order valence-corrected chi connectivity index (χ4v) is 3.63. The van der Waals surface area contributed by atoms with Gasteiger partial charge in [-0.05, 0) is 81.8 Å². The van der Waals surface area contributed by atoms with Crippen LogP contribution in [0.2, 0.25) is 0 Å². The normalized spacial score (nSPS) is 13.2. The Morgan fingerprint density at radius 2 is 1.82 bits per heavy atom. The molecule has 0 spiro atoms. The Bertz CT molecular complexity index is 1120. The van der Waals surface area contributed by atoms with Gasteiger partial charge in [0.2, 0.25) is 5.82 Å². The van der Waals surface area contributed by atoms with Crippen LogP contribution in [-0.2, 0) is 6.42 Å². The number of methoxy groups -OCH3 is 1. The van der Waals surface area contributed by atoms with Crippen LogP contribution in [0.15, 0.2) is 53.8 Å². The van der Waals surface area contributed by atoms with E-state index in [0.29, 0.717) is 16.8 Å². The summed E-state index contributed by atoms with van der Waals surface area (Å²) in [7, 11) is 3.20.